The summed E-state index contributed by atoms with van der Waals surface area (Å²) >= 11 is 0. The van der Waals surface area contributed by atoms with E-state index < -0.39 is 18.1 Å². The van der Waals surface area contributed by atoms with Crippen molar-refractivity contribution >= 4 is 12.1 Å². The van der Waals surface area contributed by atoms with Crippen LogP contribution in [0.2, 0.25) is 0 Å². The van der Waals surface area contributed by atoms with Crippen molar-refractivity contribution in [2.75, 3.05) is 0 Å². The minimum absolute atomic E-state index is 0.116. The molecule has 0 fully saturated rings. The number of carboxylic acid groups (broad SMARTS) is 1. The van der Waals surface area contributed by atoms with Crippen LogP contribution < -0.4 is 5.32 Å². The van der Waals surface area contributed by atoms with Crippen molar-refractivity contribution in [2.45, 2.75) is 32.4 Å². The third-order valence-electron chi connectivity index (χ3n) is 3.26. The van der Waals surface area contributed by atoms with Crippen molar-refractivity contribution in [3.05, 3.63) is 59.5 Å². The average molecular weight is 317 g/mol. The highest BCUT2D eigenvalue weighted by atomic mass is 16.5. The van der Waals surface area contributed by atoms with Crippen LogP contribution in [0.4, 0.5) is 4.79 Å². The van der Waals surface area contributed by atoms with Gasteiger partial charge in [-0.05, 0) is 17.7 Å². The smallest absolute Gasteiger partial charge is 0.408 e. The summed E-state index contributed by atoms with van der Waals surface area (Å²) in [6.45, 7) is 2.04. The minimum Gasteiger partial charge on any atom is -0.481 e. The molecule has 2 rings (SSSR count). The first-order valence-electron chi connectivity index (χ1n) is 7.36. The standard InChI is InChI=1S/C17H19NO5/c1-2-13-8-9-15(23-13)14(10-16(19)20)18-17(21)22-11-12-6-4-3-5-7-12/h3-9,14H,2,10-11H2,1H3,(H,18,21)(H,19,20). The first-order valence-corrected chi connectivity index (χ1v) is 7.36. The van der Waals surface area contributed by atoms with Crippen LogP contribution in [0.1, 0.15) is 36.5 Å². The number of benzene rings is 1. The van der Waals surface area contributed by atoms with Crippen LogP contribution in [0.5, 0.6) is 0 Å². The SMILES string of the molecule is CCc1ccc(C(CC(=O)O)NC(=O)OCc2ccccc2)o1. The number of aryl methyl sites for hydroxylation is 1. The second kappa shape index (κ2) is 8.03. The quantitative estimate of drug-likeness (QED) is 0.818. The number of amides is 1. The lowest BCUT2D eigenvalue weighted by Gasteiger charge is -2.15. The van der Waals surface area contributed by atoms with E-state index in [-0.39, 0.29) is 13.0 Å². The molecule has 0 aliphatic heterocycles. The van der Waals surface area contributed by atoms with Crippen LogP contribution in [0, 0.1) is 0 Å². The van der Waals surface area contributed by atoms with E-state index >= 15 is 0 Å². The van der Waals surface area contributed by atoms with Crippen molar-refractivity contribution in [1.29, 1.82) is 0 Å². The Morgan fingerprint density at radius 1 is 1.22 bits per heavy atom. The van der Waals surface area contributed by atoms with E-state index in [0.717, 1.165) is 11.3 Å². The number of carbonyl (C=O) groups excluding carboxylic acids is 1. The lowest BCUT2D eigenvalue weighted by atomic mass is 10.1. The zero-order valence-corrected chi connectivity index (χ0v) is 12.8. The molecule has 122 valence electrons. The molecule has 0 saturated carbocycles. The number of carbonyl (C=O) groups is 2. The average Bonchev–Trinajstić information content (AvgIpc) is 3.02. The van der Waals surface area contributed by atoms with Crippen LogP contribution in [-0.4, -0.2) is 17.2 Å². The molecule has 1 unspecified atom stereocenters. The van der Waals surface area contributed by atoms with Crippen LogP contribution in [-0.2, 0) is 22.6 Å². The molecule has 0 bridgehead atoms. The van der Waals surface area contributed by atoms with Gasteiger partial charge >= 0.3 is 12.1 Å². The number of alkyl carbamates (subject to hydrolysis) is 1. The van der Waals surface area contributed by atoms with E-state index in [1.54, 1.807) is 12.1 Å². The van der Waals surface area contributed by atoms with Crippen molar-refractivity contribution in [3.63, 3.8) is 0 Å². The van der Waals surface area contributed by atoms with Crippen LogP contribution >= 0.6 is 0 Å². The number of furan rings is 1. The van der Waals surface area contributed by atoms with Gasteiger partial charge in [0.1, 0.15) is 24.2 Å². The fraction of sp³-hybridized carbons (Fsp3) is 0.294. The number of nitrogens with one attached hydrogen (secondary N) is 1. The Bertz CT molecular complexity index is 650. The van der Waals surface area contributed by atoms with Gasteiger partial charge in [0.05, 0.1) is 6.42 Å². The molecule has 0 aliphatic carbocycles. The van der Waals surface area contributed by atoms with Crippen molar-refractivity contribution < 1.29 is 23.8 Å². The molecule has 1 atom stereocenters. The largest absolute Gasteiger partial charge is 0.481 e. The Morgan fingerprint density at radius 3 is 2.57 bits per heavy atom. The number of aliphatic carboxylic acids is 1. The first-order chi connectivity index (χ1) is 11.1. The molecule has 2 N–H and O–H groups in total. The fourth-order valence-corrected chi connectivity index (χ4v) is 2.08. The Labute approximate surface area is 134 Å². The summed E-state index contributed by atoms with van der Waals surface area (Å²) in [7, 11) is 0. The fourth-order valence-electron chi connectivity index (χ4n) is 2.08. The normalized spacial score (nSPS) is 11.7. The van der Waals surface area contributed by atoms with E-state index in [1.165, 1.54) is 0 Å². The maximum atomic E-state index is 11.9. The van der Waals surface area contributed by atoms with Gasteiger partial charge in [-0.2, -0.15) is 0 Å². The maximum absolute atomic E-state index is 11.9. The van der Waals surface area contributed by atoms with Crippen LogP contribution in [0.15, 0.2) is 46.9 Å². The topological polar surface area (TPSA) is 88.8 Å². The van der Waals surface area contributed by atoms with Crippen molar-refractivity contribution in [1.82, 2.24) is 5.32 Å². The molecule has 2 aromatic rings. The van der Waals surface area contributed by atoms with Gasteiger partial charge in [0.15, 0.2) is 0 Å². The number of carboxylic acids is 1. The van der Waals surface area contributed by atoms with Gasteiger partial charge in [0, 0.05) is 6.42 Å². The van der Waals surface area contributed by atoms with E-state index in [1.807, 2.05) is 37.3 Å². The van der Waals surface area contributed by atoms with Gasteiger partial charge < -0.3 is 19.6 Å². The van der Waals surface area contributed by atoms with E-state index in [4.69, 9.17) is 14.3 Å². The zero-order valence-electron chi connectivity index (χ0n) is 12.8. The Kier molecular flexibility index (Phi) is 5.80. The Balaban J connectivity index is 1.96. The first kappa shape index (κ1) is 16.6. The van der Waals surface area contributed by atoms with E-state index in [2.05, 4.69) is 5.32 Å². The number of hydrogen-bond acceptors (Lipinski definition) is 4. The number of ether oxygens (including phenoxy) is 1. The third kappa shape index (κ3) is 5.18. The highest BCUT2D eigenvalue weighted by Gasteiger charge is 2.22. The second-order valence-electron chi connectivity index (χ2n) is 5.01. The van der Waals surface area contributed by atoms with Crippen molar-refractivity contribution in [2.24, 2.45) is 0 Å². The molecule has 6 heteroatoms. The summed E-state index contributed by atoms with van der Waals surface area (Å²) in [5.41, 5.74) is 0.851. The predicted molar refractivity (Wildman–Crippen MR) is 82.8 cm³/mol. The van der Waals surface area contributed by atoms with Gasteiger partial charge in [-0.25, -0.2) is 4.79 Å². The molecule has 1 aromatic carbocycles. The van der Waals surface area contributed by atoms with Gasteiger partial charge in [0.2, 0.25) is 0 Å². The molecule has 0 aliphatic rings. The molecule has 0 radical (unpaired) electrons. The summed E-state index contributed by atoms with van der Waals surface area (Å²) in [4.78, 5) is 22.9. The molecule has 1 amide bonds. The van der Waals surface area contributed by atoms with Crippen molar-refractivity contribution in [3.8, 4) is 0 Å². The molecule has 6 nitrogen and oxygen atoms in total. The molecule has 0 spiro atoms. The molecule has 0 saturated heterocycles. The maximum Gasteiger partial charge on any atom is 0.408 e. The van der Waals surface area contributed by atoms with Gasteiger partial charge in [-0.15, -0.1) is 0 Å². The predicted octanol–water partition coefficient (Wildman–Crippen LogP) is 3.28. The summed E-state index contributed by atoms with van der Waals surface area (Å²) in [5, 5.41) is 11.5. The Hall–Kier alpha value is -2.76. The Morgan fingerprint density at radius 2 is 1.96 bits per heavy atom. The highest BCUT2D eigenvalue weighted by molar-refractivity contribution is 5.71. The lowest BCUT2D eigenvalue weighted by Crippen LogP contribution is -2.30. The molecule has 1 heterocycles. The lowest BCUT2D eigenvalue weighted by molar-refractivity contribution is -0.137. The summed E-state index contributed by atoms with van der Waals surface area (Å²) in [6, 6.07) is 11.9. The monoisotopic (exact) mass is 317 g/mol. The van der Waals surface area contributed by atoms with Crippen LogP contribution in [0.3, 0.4) is 0 Å². The molecule has 1 aromatic heterocycles. The summed E-state index contributed by atoms with van der Waals surface area (Å²) in [5.74, 6) is 0.101. The van der Waals surface area contributed by atoms with Gasteiger partial charge in [0.25, 0.3) is 0 Å². The summed E-state index contributed by atoms with van der Waals surface area (Å²) < 4.78 is 10.6. The number of hydrogen-bond donors (Lipinski definition) is 2. The zero-order chi connectivity index (χ0) is 16.7. The highest BCUT2D eigenvalue weighted by Crippen LogP contribution is 2.20. The molecular formula is C17H19NO5. The van der Waals surface area contributed by atoms with Crippen LogP contribution in [0.25, 0.3) is 0 Å². The summed E-state index contributed by atoms with van der Waals surface area (Å²) in [6.07, 6.45) is -0.274. The second-order valence-corrected chi connectivity index (χ2v) is 5.01. The third-order valence-corrected chi connectivity index (χ3v) is 3.26. The van der Waals surface area contributed by atoms with E-state index in [9.17, 15) is 9.59 Å². The number of rotatable bonds is 7. The molecule has 23 heavy (non-hydrogen) atoms. The molecular weight excluding hydrogens is 298 g/mol. The van der Waals surface area contributed by atoms with E-state index in [0.29, 0.717) is 12.2 Å². The van der Waals surface area contributed by atoms with Gasteiger partial charge in [-0.3, -0.25) is 4.79 Å². The van der Waals surface area contributed by atoms with Gasteiger partial charge in [-0.1, -0.05) is 37.3 Å². The minimum atomic E-state index is -1.03.